The highest BCUT2D eigenvalue weighted by Gasteiger charge is 2.49. The van der Waals surface area contributed by atoms with Crippen molar-refractivity contribution >= 4 is 34.9 Å². The number of hydrogen-bond acceptors (Lipinski definition) is 4. The first kappa shape index (κ1) is 19.7. The summed E-state index contributed by atoms with van der Waals surface area (Å²) in [6.07, 6.45) is 4.22. The van der Waals surface area contributed by atoms with E-state index < -0.39 is 5.41 Å². The van der Waals surface area contributed by atoms with Gasteiger partial charge in [0.05, 0.1) is 21.7 Å². The van der Waals surface area contributed by atoms with Crippen LogP contribution >= 0.6 is 11.6 Å². The number of hydrogen-bond donors (Lipinski definition) is 1. The van der Waals surface area contributed by atoms with E-state index in [2.05, 4.69) is 15.2 Å². The van der Waals surface area contributed by atoms with E-state index in [1.165, 1.54) is 0 Å². The second-order valence-electron chi connectivity index (χ2n) is 7.73. The van der Waals surface area contributed by atoms with E-state index in [4.69, 9.17) is 11.6 Å². The Morgan fingerprint density at radius 3 is 2.76 bits per heavy atom. The molecule has 2 fully saturated rings. The quantitative estimate of drug-likeness (QED) is 0.834. The molecule has 29 heavy (non-hydrogen) atoms. The molecule has 1 N–H and O–H groups in total. The van der Waals surface area contributed by atoms with Crippen molar-refractivity contribution < 1.29 is 9.59 Å². The Labute approximate surface area is 175 Å². The van der Waals surface area contributed by atoms with Gasteiger partial charge in [0.2, 0.25) is 5.91 Å². The summed E-state index contributed by atoms with van der Waals surface area (Å²) in [6.45, 7) is 4.64. The first-order valence-corrected chi connectivity index (χ1v) is 10.5. The molecule has 2 aliphatic heterocycles. The maximum Gasteiger partial charge on any atom is 0.252 e. The van der Waals surface area contributed by atoms with Gasteiger partial charge in [-0.2, -0.15) is 0 Å². The number of nitrogens with zero attached hydrogens (tertiary/aromatic N) is 3. The molecule has 2 aromatic rings. The Kier molecular flexibility index (Phi) is 5.46. The summed E-state index contributed by atoms with van der Waals surface area (Å²) in [7, 11) is 0. The van der Waals surface area contributed by atoms with E-state index in [0.29, 0.717) is 30.2 Å². The lowest BCUT2D eigenvalue weighted by molar-refractivity contribution is -0.126. The van der Waals surface area contributed by atoms with Gasteiger partial charge in [-0.15, -0.1) is 0 Å². The van der Waals surface area contributed by atoms with Gasteiger partial charge in [-0.25, -0.2) is 4.98 Å². The van der Waals surface area contributed by atoms with Crippen LogP contribution in [0.2, 0.25) is 5.02 Å². The highest BCUT2D eigenvalue weighted by atomic mass is 35.5. The molecule has 0 saturated carbocycles. The number of para-hydroxylation sites is 1. The number of piperidine rings is 1. The highest BCUT2D eigenvalue weighted by molar-refractivity contribution is 6.34. The van der Waals surface area contributed by atoms with Gasteiger partial charge in [0.25, 0.3) is 5.91 Å². The second kappa shape index (κ2) is 8.03. The van der Waals surface area contributed by atoms with Crippen LogP contribution in [0.4, 0.5) is 11.5 Å². The summed E-state index contributed by atoms with van der Waals surface area (Å²) in [5.41, 5.74) is 0.930. The number of halogens is 1. The lowest BCUT2D eigenvalue weighted by Gasteiger charge is -2.39. The van der Waals surface area contributed by atoms with Gasteiger partial charge in [0, 0.05) is 32.4 Å². The number of amides is 2. The van der Waals surface area contributed by atoms with E-state index in [1.54, 1.807) is 12.3 Å². The molecule has 2 aliphatic rings. The normalized spacial score (nSPS) is 21.7. The molecule has 1 unspecified atom stereocenters. The van der Waals surface area contributed by atoms with Crippen molar-refractivity contribution in [3.05, 3.63) is 53.2 Å². The fraction of sp³-hybridized carbons (Fsp3) is 0.409. The summed E-state index contributed by atoms with van der Waals surface area (Å²) in [4.78, 5) is 33.8. The molecule has 0 bridgehead atoms. The molecule has 4 rings (SSSR count). The van der Waals surface area contributed by atoms with Crippen LogP contribution in [0.15, 0.2) is 42.6 Å². The first-order valence-electron chi connectivity index (χ1n) is 10.1. The third kappa shape index (κ3) is 3.69. The largest absolute Gasteiger partial charge is 0.356 e. The van der Waals surface area contributed by atoms with Gasteiger partial charge in [0.15, 0.2) is 0 Å². The molecule has 2 saturated heterocycles. The lowest BCUT2D eigenvalue weighted by Crippen LogP contribution is -2.48. The standard InChI is InChI=1S/C22H25ClN4O2/c1-2-24-20(28)16-8-9-19(25-14-16)26-12-5-10-22(15-26)11-13-27(21(22)29)18-7-4-3-6-17(18)23/h3-4,6-9,14H,2,5,10-13,15H2,1H3,(H,24,28). The van der Waals surface area contributed by atoms with E-state index in [0.717, 1.165) is 37.3 Å². The molecular weight excluding hydrogens is 388 g/mol. The third-order valence-corrected chi connectivity index (χ3v) is 6.22. The van der Waals surface area contributed by atoms with Crippen molar-refractivity contribution in [3.63, 3.8) is 0 Å². The Bertz CT molecular complexity index is 917. The van der Waals surface area contributed by atoms with Crippen molar-refractivity contribution in [2.45, 2.75) is 26.2 Å². The molecular formula is C22H25ClN4O2. The average molecular weight is 413 g/mol. The summed E-state index contributed by atoms with van der Waals surface area (Å²) in [6, 6.07) is 11.2. The zero-order valence-electron chi connectivity index (χ0n) is 16.5. The molecule has 1 atom stereocenters. The van der Waals surface area contributed by atoms with Crippen LogP contribution in [-0.2, 0) is 4.79 Å². The van der Waals surface area contributed by atoms with Crippen LogP contribution in [0.3, 0.4) is 0 Å². The van der Waals surface area contributed by atoms with Gasteiger partial charge in [0.1, 0.15) is 5.82 Å². The molecule has 0 radical (unpaired) electrons. The number of rotatable bonds is 4. The molecule has 1 aromatic heterocycles. The lowest BCUT2D eigenvalue weighted by atomic mass is 9.78. The third-order valence-electron chi connectivity index (χ3n) is 5.90. The van der Waals surface area contributed by atoms with Crippen LogP contribution in [0.1, 0.15) is 36.5 Å². The van der Waals surface area contributed by atoms with Crippen molar-refractivity contribution in [2.75, 3.05) is 36.0 Å². The monoisotopic (exact) mass is 412 g/mol. The summed E-state index contributed by atoms with van der Waals surface area (Å²) < 4.78 is 0. The predicted molar refractivity (Wildman–Crippen MR) is 115 cm³/mol. The highest BCUT2D eigenvalue weighted by Crippen LogP contribution is 2.43. The summed E-state index contributed by atoms with van der Waals surface area (Å²) >= 11 is 6.34. The molecule has 1 aromatic carbocycles. The van der Waals surface area contributed by atoms with Crippen LogP contribution < -0.4 is 15.1 Å². The molecule has 6 nitrogen and oxygen atoms in total. The number of carbonyl (C=O) groups is 2. The number of aromatic nitrogens is 1. The number of benzene rings is 1. The zero-order chi connectivity index (χ0) is 20.4. The number of anilines is 2. The SMILES string of the molecule is CCNC(=O)c1ccc(N2CCCC3(CCN(c4ccccc4Cl)C3=O)C2)nc1. The van der Waals surface area contributed by atoms with E-state index in [1.807, 2.05) is 42.2 Å². The number of carbonyl (C=O) groups excluding carboxylic acids is 2. The van der Waals surface area contributed by atoms with Crippen molar-refractivity contribution in [2.24, 2.45) is 5.41 Å². The summed E-state index contributed by atoms with van der Waals surface area (Å²) in [5.74, 6) is 0.832. The number of nitrogens with one attached hydrogen (secondary N) is 1. The van der Waals surface area contributed by atoms with Gasteiger partial charge >= 0.3 is 0 Å². The minimum Gasteiger partial charge on any atom is -0.356 e. The Morgan fingerprint density at radius 1 is 1.21 bits per heavy atom. The zero-order valence-corrected chi connectivity index (χ0v) is 17.3. The van der Waals surface area contributed by atoms with Crippen LogP contribution in [0.25, 0.3) is 0 Å². The number of pyridine rings is 1. The minimum atomic E-state index is -0.405. The van der Waals surface area contributed by atoms with Crippen molar-refractivity contribution in [1.82, 2.24) is 10.3 Å². The molecule has 0 aliphatic carbocycles. The fourth-order valence-corrected chi connectivity index (χ4v) is 4.63. The molecule has 3 heterocycles. The minimum absolute atomic E-state index is 0.122. The molecule has 7 heteroatoms. The van der Waals surface area contributed by atoms with E-state index >= 15 is 0 Å². The van der Waals surface area contributed by atoms with Crippen LogP contribution in [0.5, 0.6) is 0 Å². The predicted octanol–water partition coefficient (Wildman–Crippen LogP) is 3.51. The van der Waals surface area contributed by atoms with Gasteiger partial charge in [-0.05, 0) is 50.5 Å². The Hall–Kier alpha value is -2.60. The molecule has 1 spiro atoms. The summed E-state index contributed by atoms with van der Waals surface area (Å²) in [5, 5.41) is 3.38. The van der Waals surface area contributed by atoms with E-state index in [9.17, 15) is 9.59 Å². The maximum absolute atomic E-state index is 13.4. The molecule has 2 amide bonds. The van der Waals surface area contributed by atoms with Gasteiger partial charge in [-0.3, -0.25) is 9.59 Å². The van der Waals surface area contributed by atoms with E-state index in [-0.39, 0.29) is 11.8 Å². The van der Waals surface area contributed by atoms with Crippen molar-refractivity contribution in [3.8, 4) is 0 Å². The average Bonchev–Trinajstić information content (AvgIpc) is 3.04. The molecule has 152 valence electrons. The Balaban J connectivity index is 1.52. The first-order chi connectivity index (χ1) is 14.0. The fourth-order valence-electron chi connectivity index (χ4n) is 4.40. The van der Waals surface area contributed by atoms with Gasteiger partial charge < -0.3 is 15.1 Å². The van der Waals surface area contributed by atoms with Crippen molar-refractivity contribution in [1.29, 1.82) is 0 Å². The van der Waals surface area contributed by atoms with Crippen LogP contribution in [-0.4, -0.2) is 43.0 Å². The Morgan fingerprint density at radius 2 is 2.03 bits per heavy atom. The second-order valence-corrected chi connectivity index (χ2v) is 8.14. The topological polar surface area (TPSA) is 65.5 Å². The smallest absolute Gasteiger partial charge is 0.252 e. The maximum atomic E-state index is 13.4. The van der Waals surface area contributed by atoms with Gasteiger partial charge in [-0.1, -0.05) is 23.7 Å². The van der Waals surface area contributed by atoms with Crippen LogP contribution in [0, 0.1) is 5.41 Å².